The second-order valence-corrected chi connectivity index (χ2v) is 15.2. The predicted molar refractivity (Wildman–Crippen MR) is 220 cm³/mol. The van der Waals surface area contributed by atoms with Gasteiger partial charge in [-0.3, -0.25) is 19.0 Å². The fourth-order valence-electron chi connectivity index (χ4n) is 8.16. The fraction of sp³-hybridized carbons (Fsp3) is 0.295. The zero-order valence-corrected chi connectivity index (χ0v) is 33.1. The number of methoxy groups -OCH3 is 2. The summed E-state index contributed by atoms with van der Waals surface area (Å²) in [6.45, 7) is 4.21. The Morgan fingerprint density at radius 3 is 2.00 bits per heavy atom. The molecule has 6 aromatic rings. The normalized spacial score (nSPS) is 16.3. The minimum atomic E-state index is -0.703. The first-order valence-corrected chi connectivity index (χ1v) is 19.5. The highest BCUT2D eigenvalue weighted by atomic mass is 16.5. The van der Waals surface area contributed by atoms with Crippen LogP contribution in [0.2, 0.25) is 0 Å². The lowest BCUT2D eigenvalue weighted by Crippen LogP contribution is -2.51. The molecular formula is C44H44N8O7. The molecule has 15 heteroatoms. The lowest BCUT2D eigenvalue weighted by Gasteiger charge is -2.30. The summed E-state index contributed by atoms with van der Waals surface area (Å²) in [7, 11) is 2.51. The summed E-state index contributed by atoms with van der Waals surface area (Å²) >= 11 is 0. The minimum absolute atomic E-state index is 0.118. The van der Waals surface area contributed by atoms with E-state index in [1.54, 1.807) is 27.9 Å². The van der Waals surface area contributed by atoms with E-state index in [1.807, 2.05) is 62.4 Å². The van der Waals surface area contributed by atoms with Crippen LogP contribution >= 0.6 is 0 Å². The number of carbonyl (C=O) groups is 3. The Labute approximate surface area is 338 Å². The number of aromatic nitrogens is 5. The Morgan fingerprint density at radius 2 is 1.41 bits per heavy atom. The van der Waals surface area contributed by atoms with Crippen molar-refractivity contribution in [1.82, 2.24) is 40.0 Å². The van der Waals surface area contributed by atoms with Gasteiger partial charge in [0, 0.05) is 23.9 Å². The van der Waals surface area contributed by atoms with Crippen LogP contribution in [0.1, 0.15) is 61.5 Å². The van der Waals surface area contributed by atoms with Crippen LogP contribution in [0.3, 0.4) is 0 Å². The topological polar surface area (TPSA) is 193 Å². The van der Waals surface area contributed by atoms with Crippen LogP contribution in [-0.2, 0) is 27.2 Å². The van der Waals surface area contributed by atoms with E-state index >= 15 is 0 Å². The lowest BCUT2D eigenvalue weighted by atomic mass is 10.0. The molecule has 0 radical (unpaired) electrons. The number of H-pyrrole nitrogens is 2. The van der Waals surface area contributed by atoms with Gasteiger partial charge in [-0.05, 0) is 58.7 Å². The molecule has 3 aromatic heterocycles. The number of carbonyl (C=O) groups excluding carboxylic acids is 3. The first-order valence-electron chi connectivity index (χ1n) is 19.5. The molecular weight excluding hydrogens is 753 g/mol. The number of nitrogens with zero attached hydrogens (tertiary/aromatic N) is 4. The van der Waals surface area contributed by atoms with Crippen LogP contribution < -0.4 is 21.6 Å². The molecule has 8 rings (SSSR count). The van der Waals surface area contributed by atoms with Crippen LogP contribution in [0.15, 0.2) is 94.8 Å². The van der Waals surface area contributed by atoms with E-state index in [-0.39, 0.29) is 41.0 Å². The quantitative estimate of drug-likeness (QED) is 0.132. The summed E-state index contributed by atoms with van der Waals surface area (Å²) in [5, 5.41) is 5.63. The lowest BCUT2D eigenvalue weighted by molar-refractivity contribution is -0.135. The van der Waals surface area contributed by atoms with Gasteiger partial charge in [-0.25, -0.2) is 19.6 Å². The van der Waals surface area contributed by atoms with E-state index < -0.39 is 24.3 Å². The van der Waals surface area contributed by atoms with E-state index in [4.69, 9.17) is 9.72 Å². The summed E-state index contributed by atoms with van der Waals surface area (Å²) < 4.78 is 11.0. The zero-order chi connectivity index (χ0) is 41.4. The molecule has 15 nitrogen and oxygen atoms in total. The van der Waals surface area contributed by atoms with Crippen molar-refractivity contribution in [1.29, 1.82) is 0 Å². The van der Waals surface area contributed by atoms with Crippen molar-refractivity contribution in [2.75, 3.05) is 20.8 Å². The van der Waals surface area contributed by atoms with E-state index in [1.165, 1.54) is 20.3 Å². The van der Waals surface area contributed by atoms with Crippen LogP contribution in [0.5, 0.6) is 0 Å². The molecule has 302 valence electrons. The summed E-state index contributed by atoms with van der Waals surface area (Å²) in [5.41, 5.74) is 6.40. The Hall–Kier alpha value is -7.03. The standard InChI is InChI=1S/C44H44N8O7/c1-24(2)37(50-44(57)59-4)42(55)51-18-6-9-34(51)39-45-22-32(48-39)27-14-10-25(11-15-27)26-12-16-28(17-13-26)33-23-46-40(49-33)35-19-29-7-5-8-31-36(53)20-30(21-47-43(56)58-3)41(54)52(35)38(29)31/h5,7-8,10-17,20,22-24,34-35,37H,6,9,18-19,21H2,1-4H3,(H,45,48)(H,46,49)(H,47,56)(H,50,57). The molecule has 3 atom stereocenters. The number of benzene rings is 3. The van der Waals surface area contributed by atoms with Gasteiger partial charge in [-0.1, -0.05) is 74.5 Å². The maximum absolute atomic E-state index is 14.0. The highest BCUT2D eigenvalue weighted by Gasteiger charge is 2.37. The van der Waals surface area contributed by atoms with E-state index in [0.29, 0.717) is 35.5 Å². The largest absolute Gasteiger partial charge is 0.453 e. The molecule has 1 fully saturated rings. The second kappa shape index (κ2) is 16.1. The predicted octanol–water partition coefficient (Wildman–Crippen LogP) is 5.85. The average molecular weight is 797 g/mol. The van der Waals surface area contributed by atoms with E-state index in [0.717, 1.165) is 52.0 Å². The summed E-state index contributed by atoms with van der Waals surface area (Å²) in [4.78, 5) is 82.5. The molecule has 3 unspecified atom stereocenters. The fourth-order valence-corrected chi connectivity index (χ4v) is 8.16. The third-order valence-corrected chi connectivity index (χ3v) is 11.2. The molecule has 3 aromatic carbocycles. The second-order valence-electron chi connectivity index (χ2n) is 15.2. The van der Waals surface area contributed by atoms with Crippen LogP contribution in [0.4, 0.5) is 9.59 Å². The van der Waals surface area contributed by atoms with Crippen molar-refractivity contribution in [3.05, 3.63) is 129 Å². The Bertz CT molecular complexity index is 2680. The van der Waals surface area contributed by atoms with Crippen LogP contribution in [0.25, 0.3) is 44.5 Å². The number of rotatable bonds is 10. The molecule has 0 aliphatic carbocycles. The van der Waals surface area contributed by atoms with Crippen molar-refractivity contribution in [2.45, 2.75) is 57.8 Å². The number of aromatic amines is 2. The van der Waals surface area contributed by atoms with Crippen molar-refractivity contribution in [2.24, 2.45) is 5.92 Å². The number of alkyl carbamates (subject to hydrolysis) is 2. The number of hydrogen-bond acceptors (Lipinski definition) is 9. The number of ether oxygens (including phenoxy) is 2. The molecule has 0 spiro atoms. The summed E-state index contributed by atoms with van der Waals surface area (Å²) in [5.74, 6) is 1.01. The average Bonchev–Trinajstić information content (AvgIpc) is 4.09. The van der Waals surface area contributed by atoms with Gasteiger partial charge in [0.05, 0.1) is 62.1 Å². The van der Waals surface area contributed by atoms with Gasteiger partial charge in [-0.2, -0.15) is 0 Å². The molecule has 2 aliphatic heterocycles. The van der Waals surface area contributed by atoms with Crippen molar-refractivity contribution < 1.29 is 23.9 Å². The maximum Gasteiger partial charge on any atom is 0.407 e. The number of amides is 3. The maximum atomic E-state index is 14.0. The third-order valence-electron chi connectivity index (χ3n) is 11.2. The van der Waals surface area contributed by atoms with Crippen molar-refractivity contribution in [3.8, 4) is 33.6 Å². The molecule has 5 heterocycles. The molecule has 3 amide bonds. The van der Waals surface area contributed by atoms with Crippen molar-refractivity contribution >= 4 is 29.0 Å². The smallest absolute Gasteiger partial charge is 0.407 e. The highest BCUT2D eigenvalue weighted by molar-refractivity contribution is 5.86. The van der Waals surface area contributed by atoms with Crippen molar-refractivity contribution in [3.63, 3.8) is 0 Å². The molecule has 0 bridgehead atoms. The third kappa shape index (κ3) is 7.46. The zero-order valence-electron chi connectivity index (χ0n) is 33.1. The Morgan fingerprint density at radius 1 is 0.814 bits per heavy atom. The number of likely N-dealkylation sites (tertiary alicyclic amines) is 1. The van der Waals surface area contributed by atoms with Gasteiger partial charge >= 0.3 is 12.2 Å². The Kier molecular flexibility index (Phi) is 10.6. The molecule has 59 heavy (non-hydrogen) atoms. The molecule has 2 aliphatic rings. The van der Waals surface area contributed by atoms with Gasteiger partial charge in [0.15, 0.2) is 5.43 Å². The van der Waals surface area contributed by atoms with Gasteiger partial charge in [0.2, 0.25) is 5.91 Å². The van der Waals surface area contributed by atoms with E-state index in [2.05, 4.69) is 42.5 Å². The van der Waals surface area contributed by atoms with Gasteiger partial charge in [0.1, 0.15) is 17.7 Å². The number of imidazole rings is 2. The van der Waals surface area contributed by atoms with Gasteiger partial charge < -0.3 is 35.0 Å². The summed E-state index contributed by atoms with van der Waals surface area (Å²) in [6.07, 6.45) is 4.26. The molecule has 1 saturated heterocycles. The number of para-hydroxylation sites is 1. The summed E-state index contributed by atoms with van der Waals surface area (Å²) in [6, 6.07) is 21.6. The SMILES string of the molecule is COC(=O)NCc1cc(=O)c2cccc3c2n(c1=O)C(c1ncc(-c2ccc(-c4ccc(-c5cnc(C6CCCN6C(=O)C(NC(=O)OC)C(C)C)[nH]5)cc4)cc2)[nH]1)C3. The van der Waals surface area contributed by atoms with Gasteiger partial charge in [0.25, 0.3) is 5.56 Å². The first kappa shape index (κ1) is 38.8. The minimum Gasteiger partial charge on any atom is -0.453 e. The number of nitrogens with one attached hydrogen (secondary N) is 4. The number of hydrogen-bond donors (Lipinski definition) is 4. The highest BCUT2D eigenvalue weighted by Crippen LogP contribution is 2.35. The van der Waals surface area contributed by atoms with E-state index in [9.17, 15) is 24.0 Å². The van der Waals surface area contributed by atoms with Gasteiger partial charge in [-0.15, -0.1) is 0 Å². The Balaban J connectivity index is 0.979. The first-order chi connectivity index (χ1) is 28.5. The monoisotopic (exact) mass is 796 g/mol. The molecule has 0 saturated carbocycles. The van der Waals surface area contributed by atoms with Crippen LogP contribution in [0, 0.1) is 5.92 Å². The van der Waals surface area contributed by atoms with Crippen LogP contribution in [-0.4, -0.2) is 74.3 Å². The molecule has 4 N–H and O–H groups in total.